The number of anilines is 1. The second-order valence-corrected chi connectivity index (χ2v) is 7.17. The fourth-order valence-electron chi connectivity index (χ4n) is 3.31. The van der Waals surface area contributed by atoms with Crippen molar-refractivity contribution >= 4 is 23.2 Å². The van der Waals surface area contributed by atoms with E-state index in [4.69, 9.17) is 4.74 Å². The van der Waals surface area contributed by atoms with Crippen molar-refractivity contribution < 1.29 is 14.3 Å². The zero-order valence-electron chi connectivity index (χ0n) is 17.9. The number of ether oxygens (including phenoxy) is 1. The van der Waals surface area contributed by atoms with Gasteiger partial charge in [0, 0.05) is 18.4 Å². The van der Waals surface area contributed by atoms with E-state index in [1.165, 1.54) is 0 Å². The third kappa shape index (κ3) is 4.86. The summed E-state index contributed by atoms with van der Waals surface area (Å²) in [4.78, 5) is 31.7. The highest BCUT2D eigenvalue weighted by molar-refractivity contribution is 6.04. The smallest absolute Gasteiger partial charge is 0.338 e. The van der Waals surface area contributed by atoms with Crippen LogP contribution in [0.5, 0.6) is 0 Å². The monoisotopic (exact) mass is 408 g/mol. The standard InChI is InChI=1S/C23H28N4O3/c1-5-26(6-2)13-14-30-23(29)18-8-10-19(11-9-18)25-22(28)21-17(4)24-20-12-7-16(3)15-27(20)21/h7-12,15H,5-6,13-14H2,1-4H3,(H,25,28). The second-order valence-electron chi connectivity index (χ2n) is 7.17. The molecule has 7 heteroatoms. The number of carbonyl (C=O) groups excluding carboxylic acids is 2. The number of nitrogens with one attached hydrogen (secondary N) is 1. The number of nitrogens with zero attached hydrogens (tertiary/aromatic N) is 3. The normalized spacial score (nSPS) is 11.1. The van der Waals surface area contributed by atoms with E-state index in [0.717, 1.165) is 24.3 Å². The van der Waals surface area contributed by atoms with Crippen molar-refractivity contribution in [1.29, 1.82) is 0 Å². The maximum Gasteiger partial charge on any atom is 0.338 e. The van der Waals surface area contributed by atoms with Gasteiger partial charge in [0.05, 0.1) is 11.3 Å². The zero-order valence-corrected chi connectivity index (χ0v) is 17.9. The van der Waals surface area contributed by atoms with E-state index < -0.39 is 0 Å². The van der Waals surface area contributed by atoms with Crippen LogP contribution >= 0.6 is 0 Å². The SMILES string of the molecule is CCN(CC)CCOC(=O)c1ccc(NC(=O)c2c(C)nc3ccc(C)cn23)cc1. The predicted octanol–water partition coefficient (Wildman–Crippen LogP) is 3.70. The number of fused-ring (bicyclic) bond motifs is 1. The molecule has 0 atom stereocenters. The summed E-state index contributed by atoms with van der Waals surface area (Å²) >= 11 is 0. The van der Waals surface area contributed by atoms with Crippen molar-refractivity contribution in [3.8, 4) is 0 Å². The molecule has 3 aromatic rings. The van der Waals surface area contributed by atoms with Crippen molar-refractivity contribution in [3.05, 3.63) is 65.1 Å². The van der Waals surface area contributed by atoms with Gasteiger partial charge in [0.15, 0.2) is 0 Å². The van der Waals surface area contributed by atoms with Gasteiger partial charge in [-0.3, -0.25) is 9.20 Å². The Bertz CT molecular complexity index is 1040. The Labute approximate surface area is 176 Å². The highest BCUT2D eigenvalue weighted by atomic mass is 16.5. The minimum Gasteiger partial charge on any atom is -0.461 e. The minimum absolute atomic E-state index is 0.250. The molecule has 0 radical (unpaired) electrons. The van der Waals surface area contributed by atoms with E-state index in [2.05, 4.69) is 29.0 Å². The topological polar surface area (TPSA) is 75.9 Å². The van der Waals surface area contributed by atoms with Crippen LogP contribution < -0.4 is 5.32 Å². The highest BCUT2D eigenvalue weighted by Gasteiger charge is 2.17. The van der Waals surface area contributed by atoms with Crippen molar-refractivity contribution in [2.45, 2.75) is 27.7 Å². The summed E-state index contributed by atoms with van der Waals surface area (Å²) in [5, 5.41) is 2.88. The van der Waals surface area contributed by atoms with Gasteiger partial charge in [-0.25, -0.2) is 9.78 Å². The Morgan fingerprint density at radius 2 is 1.77 bits per heavy atom. The molecule has 7 nitrogen and oxygen atoms in total. The molecule has 1 N–H and O–H groups in total. The molecule has 2 heterocycles. The molecule has 0 saturated carbocycles. The van der Waals surface area contributed by atoms with Crippen molar-refractivity contribution in [1.82, 2.24) is 14.3 Å². The molecular weight excluding hydrogens is 380 g/mol. The lowest BCUT2D eigenvalue weighted by molar-refractivity contribution is 0.0466. The van der Waals surface area contributed by atoms with Gasteiger partial charge in [0.25, 0.3) is 5.91 Å². The first kappa shape index (κ1) is 21.5. The molecule has 0 aliphatic heterocycles. The minimum atomic E-state index is -0.367. The van der Waals surface area contributed by atoms with Gasteiger partial charge < -0.3 is 15.0 Å². The van der Waals surface area contributed by atoms with E-state index in [1.807, 2.05) is 32.2 Å². The first-order valence-corrected chi connectivity index (χ1v) is 10.2. The number of aryl methyl sites for hydroxylation is 2. The number of aromatic nitrogens is 2. The van der Waals surface area contributed by atoms with Gasteiger partial charge in [-0.2, -0.15) is 0 Å². The fraction of sp³-hybridized carbons (Fsp3) is 0.348. The number of esters is 1. The Kier molecular flexibility index (Phi) is 6.84. The van der Waals surface area contributed by atoms with Crippen LogP contribution in [-0.4, -0.2) is 52.4 Å². The Morgan fingerprint density at radius 3 is 2.43 bits per heavy atom. The van der Waals surface area contributed by atoms with Crippen molar-refractivity contribution in [2.75, 3.05) is 31.6 Å². The van der Waals surface area contributed by atoms with Crippen LogP contribution in [0.15, 0.2) is 42.6 Å². The molecule has 30 heavy (non-hydrogen) atoms. The molecule has 0 unspecified atom stereocenters. The first-order valence-electron chi connectivity index (χ1n) is 10.2. The molecule has 1 amide bonds. The quantitative estimate of drug-likeness (QED) is 0.575. The molecule has 0 bridgehead atoms. The lowest BCUT2D eigenvalue weighted by atomic mass is 10.2. The number of hydrogen-bond acceptors (Lipinski definition) is 5. The van der Waals surface area contributed by atoms with E-state index >= 15 is 0 Å². The molecule has 0 aliphatic carbocycles. The van der Waals surface area contributed by atoms with Crippen LogP contribution in [0, 0.1) is 13.8 Å². The molecule has 3 rings (SSSR count). The summed E-state index contributed by atoms with van der Waals surface area (Å²) in [6.07, 6.45) is 1.89. The maximum absolute atomic E-state index is 12.8. The lowest BCUT2D eigenvalue weighted by Crippen LogP contribution is -2.27. The van der Waals surface area contributed by atoms with Crippen LogP contribution in [0.1, 0.15) is 46.0 Å². The lowest BCUT2D eigenvalue weighted by Gasteiger charge is -2.17. The van der Waals surface area contributed by atoms with Crippen LogP contribution in [0.25, 0.3) is 5.65 Å². The third-order valence-corrected chi connectivity index (χ3v) is 5.07. The first-order chi connectivity index (χ1) is 14.4. The number of rotatable bonds is 8. The van der Waals surface area contributed by atoms with E-state index in [1.54, 1.807) is 28.7 Å². The molecular formula is C23H28N4O3. The number of imidazole rings is 1. The van der Waals surface area contributed by atoms with E-state index in [0.29, 0.717) is 35.8 Å². The molecule has 0 fully saturated rings. The predicted molar refractivity (Wildman–Crippen MR) is 117 cm³/mol. The number of amides is 1. The van der Waals surface area contributed by atoms with Crippen molar-refractivity contribution in [3.63, 3.8) is 0 Å². The number of pyridine rings is 1. The summed E-state index contributed by atoms with van der Waals surface area (Å²) in [5.41, 5.74) is 3.97. The Hall–Kier alpha value is -3.19. The molecule has 0 spiro atoms. The van der Waals surface area contributed by atoms with Crippen molar-refractivity contribution in [2.24, 2.45) is 0 Å². The summed E-state index contributed by atoms with van der Waals surface area (Å²) in [5.74, 6) is -0.617. The Morgan fingerprint density at radius 1 is 1.07 bits per heavy atom. The van der Waals surface area contributed by atoms with Gasteiger partial charge in [0.1, 0.15) is 17.9 Å². The number of benzene rings is 1. The van der Waals surface area contributed by atoms with Gasteiger partial charge in [-0.1, -0.05) is 19.9 Å². The highest BCUT2D eigenvalue weighted by Crippen LogP contribution is 2.17. The van der Waals surface area contributed by atoms with Crippen LogP contribution in [0.2, 0.25) is 0 Å². The zero-order chi connectivity index (χ0) is 21.7. The van der Waals surface area contributed by atoms with Gasteiger partial charge in [-0.05, 0) is 62.8 Å². The van der Waals surface area contributed by atoms with E-state index in [9.17, 15) is 9.59 Å². The van der Waals surface area contributed by atoms with Crippen LogP contribution in [-0.2, 0) is 4.74 Å². The summed E-state index contributed by atoms with van der Waals surface area (Å²) in [7, 11) is 0. The molecule has 158 valence electrons. The third-order valence-electron chi connectivity index (χ3n) is 5.07. The number of carbonyl (C=O) groups is 2. The van der Waals surface area contributed by atoms with Gasteiger partial charge in [0.2, 0.25) is 0 Å². The molecule has 0 aliphatic rings. The van der Waals surface area contributed by atoms with Gasteiger partial charge in [-0.15, -0.1) is 0 Å². The average molecular weight is 409 g/mol. The maximum atomic E-state index is 12.8. The second kappa shape index (κ2) is 9.54. The number of likely N-dealkylation sites (N-methyl/N-ethyl adjacent to an activating group) is 1. The summed E-state index contributed by atoms with van der Waals surface area (Å²) in [6.45, 7) is 10.9. The summed E-state index contributed by atoms with van der Waals surface area (Å²) < 4.78 is 7.13. The number of hydrogen-bond donors (Lipinski definition) is 1. The largest absolute Gasteiger partial charge is 0.461 e. The Balaban J connectivity index is 1.64. The average Bonchev–Trinajstić information content (AvgIpc) is 3.06. The molecule has 1 aromatic carbocycles. The van der Waals surface area contributed by atoms with Gasteiger partial charge >= 0.3 is 5.97 Å². The summed E-state index contributed by atoms with van der Waals surface area (Å²) in [6, 6.07) is 10.6. The van der Waals surface area contributed by atoms with Crippen LogP contribution in [0.3, 0.4) is 0 Å². The van der Waals surface area contributed by atoms with E-state index in [-0.39, 0.29) is 11.9 Å². The molecule has 2 aromatic heterocycles. The van der Waals surface area contributed by atoms with Crippen LogP contribution in [0.4, 0.5) is 5.69 Å². The molecule has 0 saturated heterocycles. The fourth-order valence-corrected chi connectivity index (χ4v) is 3.31.